The number of amides is 3. The number of carbonyl (C=O) groups excluding carboxylic acids is 3. The molecule has 0 aliphatic carbocycles. The Morgan fingerprint density at radius 1 is 0.906 bits per heavy atom. The Labute approximate surface area is 192 Å². The van der Waals surface area contributed by atoms with E-state index in [1.807, 2.05) is 37.3 Å². The Morgan fingerprint density at radius 3 is 2.34 bits per heavy atom. The summed E-state index contributed by atoms with van der Waals surface area (Å²) in [5, 5.41) is 8.62. The quantitative estimate of drug-likeness (QED) is 0.202. The zero-order chi connectivity index (χ0) is 23.4. The van der Waals surface area contributed by atoms with Crippen molar-refractivity contribution in [3.63, 3.8) is 0 Å². The van der Waals surface area contributed by atoms with E-state index in [1.54, 1.807) is 0 Å². The van der Waals surface area contributed by atoms with Crippen LogP contribution < -0.4 is 21.7 Å². The summed E-state index contributed by atoms with van der Waals surface area (Å²) in [4.78, 5) is 36.2. The number of nitrogens with two attached hydrogens (primary N) is 1. The first-order chi connectivity index (χ1) is 15.5. The van der Waals surface area contributed by atoms with Crippen LogP contribution in [0.3, 0.4) is 0 Å². The molecule has 32 heavy (non-hydrogen) atoms. The van der Waals surface area contributed by atoms with Gasteiger partial charge in [-0.25, -0.2) is 0 Å². The van der Waals surface area contributed by atoms with Gasteiger partial charge in [-0.2, -0.15) is 0 Å². The van der Waals surface area contributed by atoms with Crippen molar-refractivity contribution in [2.24, 2.45) is 5.73 Å². The normalized spacial score (nSPS) is 11.6. The molecule has 180 valence electrons. The van der Waals surface area contributed by atoms with E-state index < -0.39 is 0 Å². The molecule has 1 rings (SSSR count). The summed E-state index contributed by atoms with van der Waals surface area (Å²) in [5.41, 5.74) is 6.55. The summed E-state index contributed by atoms with van der Waals surface area (Å²) in [6, 6.07) is 9.75. The van der Waals surface area contributed by atoms with E-state index in [0.717, 1.165) is 24.8 Å². The van der Waals surface area contributed by atoms with Crippen LogP contribution in [0.5, 0.6) is 0 Å². The van der Waals surface area contributed by atoms with Crippen molar-refractivity contribution in [2.45, 2.75) is 70.8 Å². The van der Waals surface area contributed by atoms with Crippen LogP contribution in [-0.2, 0) is 25.5 Å². The van der Waals surface area contributed by atoms with Gasteiger partial charge in [-0.1, -0.05) is 36.8 Å². The van der Waals surface area contributed by atoms with Gasteiger partial charge in [0.2, 0.25) is 17.7 Å². The van der Waals surface area contributed by atoms with Crippen LogP contribution in [0.2, 0.25) is 0 Å². The fraction of sp³-hybridized carbons (Fsp3) is 0.625. The second kappa shape index (κ2) is 18.2. The molecule has 1 aromatic carbocycles. The molecule has 0 aliphatic heterocycles. The maximum Gasteiger partial charge on any atom is 0.221 e. The van der Waals surface area contributed by atoms with Crippen LogP contribution in [0.15, 0.2) is 30.3 Å². The lowest BCUT2D eigenvalue weighted by Crippen LogP contribution is -2.38. The molecule has 1 atom stereocenters. The number of nitrogens with one attached hydrogen (secondary N) is 3. The SMILES string of the molecule is CCOCNC(=O)CCC(Cc1ccccc1)NC(=O)CCCNC(=O)CCCCCN. The Hall–Kier alpha value is -2.45. The van der Waals surface area contributed by atoms with Crippen LogP contribution in [0.1, 0.15) is 63.9 Å². The number of hydrogen-bond acceptors (Lipinski definition) is 5. The minimum Gasteiger partial charge on any atom is -0.362 e. The number of ether oxygens (including phenoxy) is 1. The molecule has 0 saturated heterocycles. The van der Waals surface area contributed by atoms with E-state index in [0.29, 0.717) is 58.2 Å². The Bertz CT molecular complexity index is 655. The topological polar surface area (TPSA) is 123 Å². The molecule has 1 unspecified atom stereocenters. The zero-order valence-electron chi connectivity index (χ0n) is 19.4. The molecule has 8 heteroatoms. The lowest BCUT2D eigenvalue weighted by atomic mass is 10.0. The molecule has 0 spiro atoms. The van der Waals surface area contributed by atoms with E-state index in [1.165, 1.54) is 0 Å². The van der Waals surface area contributed by atoms with Crippen LogP contribution in [0.25, 0.3) is 0 Å². The van der Waals surface area contributed by atoms with E-state index in [9.17, 15) is 14.4 Å². The van der Waals surface area contributed by atoms with Gasteiger partial charge in [0.15, 0.2) is 0 Å². The third kappa shape index (κ3) is 14.5. The molecule has 0 aromatic heterocycles. The molecule has 0 saturated carbocycles. The second-order valence-corrected chi connectivity index (χ2v) is 7.78. The largest absolute Gasteiger partial charge is 0.362 e. The summed E-state index contributed by atoms with van der Waals surface area (Å²) < 4.78 is 5.14. The van der Waals surface area contributed by atoms with Crippen LogP contribution in [0.4, 0.5) is 0 Å². The minimum atomic E-state index is -0.139. The highest BCUT2D eigenvalue weighted by Crippen LogP contribution is 2.09. The fourth-order valence-corrected chi connectivity index (χ4v) is 3.22. The number of rotatable bonds is 18. The van der Waals surface area contributed by atoms with E-state index in [2.05, 4.69) is 16.0 Å². The predicted molar refractivity (Wildman–Crippen MR) is 126 cm³/mol. The monoisotopic (exact) mass is 448 g/mol. The summed E-state index contributed by atoms with van der Waals surface area (Å²) in [6.07, 6.45) is 5.64. The molecule has 0 aliphatic rings. The first-order valence-electron chi connectivity index (χ1n) is 11.7. The number of hydrogen-bond donors (Lipinski definition) is 4. The van der Waals surface area contributed by atoms with Gasteiger partial charge in [0.25, 0.3) is 0 Å². The van der Waals surface area contributed by atoms with Gasteiger partial charge in [0, 0.05) is 38.5 Å². The molecule has 0 fully saturated rings. The summed E-state index contributed by atoms with van der Waals surface area (Å²) >= 11 is 0. The van der Waals surface area contributed by atoms with Gasteiger partial charge < -0.3 is 26.4 Å². The molecule has 5 N–H and O–H groups in total. The molecular weight excluding hydrogens is 408 g/mol. The van der Waals surface area contributed by atoms with Gasteiger partial charge in [0.1, 0.15) is 6.73 Å². The average Bonchev–Trinajstić information content (AvgIpc) is 2.79. The molecule has 0 heterocycles. The molecule has 3 amide bonds. The Kier molecular flexibility index (Phi) is 15.6. The van der Waals surface area contributed by atoms with Gasteiger partial charge >= 0.3 is 0 Å². The maximum absolute atomic E-state index is 12.4. The maximum atomic E-state index is 12.4. The van der Waals surface area contributed by atoms with E-state index >= 15 is 0 Å². The molecule has 8 nitrogen and oxygen atoms in total. The highest BCUT2D eigenvalue weighted by Gasteiger charge is 2.15. The van der Waals surface area contributed by atoms with E-state index in [-0.39, 0.29) is 30.5 Å². The molecule has 0 radical (unpaired) electrons. The summed E-state index contributed by atoms with van der Waals surface area (Å²) in [5.74, 6) is -0.153. The lowest BCUT2D eigenvalue weighted by molar-refractivity contribution is -0.124. The summed E-state index contributed by atoms with van der Waals surface area (Å²) in [7, 11) is 0. The van der Waals surface area contributed by atoms with Gasteiger partial charge in [0.05, 0.1) is 0 Å². The number of unbranched alkanes of at least 4 members (excludes halogenated alkanes) is 2. The lowest BCUT2D eigenvalue weighted by Gasteiger charge is -2.19. The fourth-order valence-electron chi connectivity index (χ4n) is 3.22. The predicted octanol–water partition coefficient (Wildman–Crippen LogP) is 2.02. The third-order valence-corrected chi connectivity index (χ3v) is 5.00. The van der Waals surface area contributed by atoms with Gasteiger partial charge in [-0.3, -0.25) is 14.4 Å². The van der Waals surface area contributed by atoms with Crippen molar-refractivity contribution in [2.75, 3.05) is 26.4 Å². The van der Waals surface area contributed by atoms with Crippen LogP contribution in [0, 0.1) is 0 Å². The van der Waals surface area contributed by atoms with Crippen LogP contribution >= 0.6 is 0 Å². The standard InChI is InChI=1S/C24H40N4O4/c1-2-32-19-27-23(30)15-14-21(18-20-10-5-3-6-11-20)28-24(31)13-9-17-26-22(29)12-7-4-8-16-25/h3,5-6,10-11,21H,2,4,7-9,12-19,25H2,1H3,(H,26,29)(H,27,30)(H,28,31). The Morgan fingerprint density at radius 2 is 1.62 bits per heavy atom. The molecular formula is C24H40N4O4. The first-order valence-corrected chi connectivity index (χ1v) is 11.7. The van der Waals surface area contributed by atoms with E-state index in [4.69, 9.17) is 10.5 Å². The van der Waals surface area contributed by atoms with Crippen molar-refractivity contribution >= 4 is 17.7 Å². The van der Waals surface area contributed by atoms with Crippen molar-refractivity contribution in [3.05, 3.63) is 35.9 Å². The number of carbonyl (C=O) groups is 3. The smallest absolute Gasteiger partial charge is 0.221 e. The summed E-state index contributed by atoms with van der Waals surface area (Å²) in [6.45, 7) is 3.74. The first kappa shape index (κ1) is 27.6. The van der Waals surface area contributed by atoms with Crippen molar-refractivity contribution in [3.8, 4) is 0 Å². The molecule has 0 bridgehead atoms. The second-order valence-electron chi connectivity index (χ2n) is 7.78. The minimum absolute atomic E-state index is 0.0162. The van der Waals surface area contributed by atoms with Gasteiger partial charge in [-0.05, 0) is 51.1 Å². The zero-order valence-corrected chi connectivity index (χ0v) is 19.4. The van der Waals surface area contributed by atoms with Crippen molar-refractivity contribution < 1.29 is 19.1 Å². The van der Waals surface area contributed by atoms with Gasteiger partial charge in [-0.15, -0.1) is 0 Å². The highest BCUT2D eigenvalue weighted by atomic mass is 16.5. The Balaban J connectivity index is 2.37. The number of benzene rings is 1. The van der Waals surface area contributed by atoms with Crippen molar-refractivity contribution in [1.82, 2.24) is 16.0 Å². The van der Waals surface area contributed by atoms with Crippen molar-refractivity contribution in [1.29, 1.82) is 0 Å². The molecule has 1 aromatic rings. The van der Waals surface area contributed by atoms with Crippen LogP contribution in [-0.4, -0.2) is 50.2 Å². The average molecular weight is 449 g/mol. The highest BCUT2D eigenvalue weighted by molar-refractivity contribution is 5.78. The third-order valence-electron chi connectivity index (χ3n) is 5.00.